The molecule has 2 heterocycles. The first-order chi connectivity index (χ1) is 18.2. The van der Waals surface area contributed by atoms with Gasteiger partial charge in [-0.1, -0.05) is 12.8 Å². The zero-order valence-electron chi connectivity index (χ0n) is 23.1. The summed E-state index contributed by atoms with van der Waals surface area (Å²) in [6.45, 7) is 6.08. The van der Waals surface area contributed by atoms with Gasteiger partial charge in [-0.2, -0.15) is 0 Å². The van der Waals surface area contributed by atoms with Gasteiger partial charge in [-0.15, -0.1) is 0 Å². The van der Waals surface area contributed by atoms with Crippen LogP contribution in [-0.2, 0) is 23.9 Å². The van der Waals surface area contributed by atoms with Crippen LogP contribution in [0.15, 0.2) is 18.2 Å². The smallest absolute Gasteiger partial charge is 0.270 e. The molecule has 1 saturated carbocycles. The van der Waals surface area contributed by atoms with E-state index in [4.69, 9.17) is 14.2 Å². The van der Waals surface area contributed by atoms with Crippen molar-refractivity contribution in [3.63, 3.8) is 0 Å². The van der Waals surface area contributed by atoms with E-state index in [0.717, 1.165) is 25.7 Å². The fourth-order valence-corrected chi connectivity index (χ4v) is 5.82. The summed E-state index contributed by atoms with van der Waals surface area (Å²) in [5.74, 6) is -0.361. The number of methoxy groups -OCH3 is 2. The average molecular weight is 531 g/mol. The molecule has 2 aliphatic heterocycles. The van der Waals surface area contributed by atoms with E-state index >= 15 is 0 Å². The van der Waals surface area contributed by atoms with Gasteiger partial charge in [0, 0.05) is 46.1 Å². The zero-order valence-corrected chi connectivity index (χ0v) is 23.1. The molecule has 0 spiro atoms. The molecule has 0 unspecified atom stereocenters. The molecule has 1 saturated heterocycles. The molecule has 0 aromatic heterocycles. The normalized spacial score (nSPS) is 23.9. The highest BCUT2D eigenvalue weighted by molar-refractivity contribution is 6.03. The van der Waals surface area contributed by atoms with E-state index in [9.17, 15) is 14.4 Å². The topological polar surface area (TPSA) is 118 Å². The van der Waals surface area contributed by atoms with Crippen molar-refractivity contribution in [1.29, 1.82) is 0 Å². The summed E-state index contributed by atoms with van der Waals surface area (Å²) in [4.78, 5) is 41.2. The molecule has 1 aromatic carbocycles. The number of carbonyl (C=O) groups excluding carboxylic acids is 3. The first-order valence-corrected chi connectivity index (χ1v) is 13.6. The van der Waals surface area contributed by atoms with E-state index in [2.05, 4.69) is 16.0 Å². The second kappa shape index (κ2) is 12.0. The largest absolute Gasteiger partial charge is 0.476 e. The lowest BCUT2D eigenvalue weighted by Crippen LogP contribution is -2.55. The van der Waals surface area contributed by atoms with Crippen LogP contribution in [0, 0.1) is 11.8 Å². The maximum Gasteiger partial charge on any atom is 0.270 e. The van der Waals surface area contributed by atoms with Gasteiger partial charge in [0.15, 0.2) is 5.60 Å². The van der Waals surface area contributed by atoms with Gasteiger partial charge in [0.1, 0.15) is 5.75 Å². The molecule has 10 heteroatoms. The SMILES string of the molecule is COCCCN1C(=O)C(C)(C)Oc2ccc(NC(=O)[C@H]3CNC[C@@H](C(=O)NC4(COC)CCCC4)C3)cc21. The van der Waals surface area contributed by atoms with Crippen molar-refractivity contribution in [2.45, 2.75) is 63.5 Å². The van der Waals surface area contributed by atoms with Gasteiger partial charge in [-0.25, -0.2) is 0 Å². The molecule has 1 aromatic rings. The van der Waals surface area contributed by atoms with Crippen LogP contribution in [-0.4, -0.2) is 75.9 Å². The van der Waals surface area contributed by atoms with Crippen molar-refractivity contribution < 1.29 is 28.6 Å². The molecule has 1 aliphatic carbocycles. The van der Waals surface area contributed by atoms with E-state index in [-0.39, 0.29) is 35.1 Å². The standard InChI is InChI=1S/C28H42N4O6/c1-27(2)26(35)32(12-7-13-36-3)22-15-21(8-9-23(22)38-27)30-24(33)19-14-20(17-29-16-19)25(34)31-28(18-37-4)10-5-6-11-28/h8-9,15,19-20,29H,5-7,10-14,16-18H2,1-4H3,(H,30,33)(H,31,34)/t19-,20+/m1/s1. The minimum atomic E-state index is -0.978. The summed E-state index contributed by atoms with van der Waals surface area (Å²) in [6.07, 6.45) is 5.14. The molecular formula is C28H42N4O6. The third kappa shape index (κ3) is 6.30. The van der Waals surface area contributed by atoms with Crippen molar-refractivity contribution in [2.24, 2.45) is 11.8 Å². The molecule has 3 amide bonds. The highest BCUT2D eigenvalue weighted by Crippen LogP contribution is 2.40. The summed E-state index contributed by atoms with van der Waals surface area (Å²) in [5, 5.41) is 9.51. The molecule has 2 fully saturated rings. The Bertz CT molecular complexity index is 1020. The first kappa shape index (κ1) is 28.3. The number of nitrogens with one attached hydrogen (secondary N) is 3. The van der Waals surface area contributed by atoms with Gasteiger partial charge < -0.3 is 35.1 Å². The summed E-state index contributed by atoms with van der Waals surface area (Å²) < 4.78 is 16.5. The number of rotatable bonds is 10. The average Bonchev–Trinajstić information content (AvgIpc) is 3.34. The maximum atomic E-state index is 13.2. The molecule has 0 bridgehead atoms. The quantitative estimate of drug-likeness (QED) is 0.398. The first-order valence-electron chi connectivity index (χ1n) is 13.6. The van der Waals surface area contributed by atoms with Gasteiger partial charge in [-0.3, -0.25) is 14.4 Å². The number of carbonyl (C=O) groups is 3. The monoisotopic (exact) mass is 530 g/mol. The van der Waals surface area contributed by atoms with Gasteiger partial charge in [0.25, 0.3) is 5.91 Å². The van der Waals surface area contributed by atoms with Crippen LogP contribution in [0.5, 0.6) is 5.75 Å². The lowest BCUT2D eigenvalue weighted by atomic mass is 9.88. The number of hydrogen-bond donors (Lipinski definition) is 3. The molecule has 2 atom stereocenters. The van der Waals surface area contributed by atoms with Gasteiger partial charge in [0.05, 0.1) is 29.7 Å². The third-order valence-corrected chi connectivity index (χ3v) is 7.83. The van der Waals surface area contributed by atoms with Crippen LogP contribution in [0.2, 0.25) is 0 Å². The van der Waals surface area contributed by atoms with Crippen molar-refractivity contribution in [3.8, 4) is 5.75 Å². The Balaban J connectivity index is 1.42. The number of fused-ring (bicyclic) bond motifs is 1. The number of ether oxygens (including phenoxy) is 3. The summed E-state index contributed by atoms with van der Waals surface area (Å²) >= 11 is 0. The lowest BCUT2D eigenvalue weighted by molar-refractivity contribution is -0.132. The Labute approximate surface area is 225 Å². The summed E-state index contributed by atoms with van der Waals surface area (Å²) in [7, 11) is 3.30. The fraction of sp³-hybridized carbons (Fsp3) is 0.679. The van der Waals surface area contributed by atoms with E-state index in [1.54, 1.807) is 51.2 Å². The van der Waals surface area contributed by atoms with Crippen LogP contribution < -0.4 is 25.6 Å². The van der Waals surface area contributed by atoms with Crippen molar-refractivity contribution in [2.75, 3.05) is 57.3 Å². The van der Waals surface area contributed by atoms with E-state index < -0.39 is 5.60 Å². The number of anilines is 2. The van der Waals surface area contributed by atoms with E-state index in [1.165, 1.54) is 0 Å². The molecule has 4 rings (SSSR count). The zero-order chi connectivity index (χ0) is 27.3. The number of nitrogens with zero attached hydrogens (tertiary/aromatic N) is 1. The lowest BCUT2D eigenvalue weighted by Gasteiger charge is -2.39. The Morgan fingerprint density at radius 3 is 2.50 bits per heavy atom. The molecular weight excluding hydrogens is 488 g/mol. The van der Waals surface area contributed by atoms with Crippen LogP contribution in [0.4, 0.5) is 11.4 Å². The maximum absolute atomic E-state index is 13.2. The predicted octanol–water partition coefficient (Wildman–Crippen LogP) is 2.47. The minimum absolute atomic E-state index is 0.0206. The van der Waals surface area contributed by atoms with Crippen molar-refractivity contribution in [1.82, 2.24) is 10.6 Å². The second-order valence-corrected chi connectivity index (χ2v) is 11.3. The van der Waals surface area contributed by atoms with Crippen molar-refractivity contribution >= 4 is 29.1 Å². The van der Waals surface area contributed by atoms with Gasteiger partial charge >= 0.3 is 0 Å². The van der Waals surface area contributed by atoms with Crippen LogP contribution in [0.25, 0.3) is 0 Å². The van der Waals surface area contributed by atoms with Gasteiger partial charge in [0.2, 0.25) is 11.8 Å². The molecule has 210 valence electrons. The number of benzene rings is 1. The van der Waals surface area contributed by atoms with Crippen molar-refractivity contribution in [3.05, 3.63) is 18.2 Å². The number of piperidine rings is 1. The molecule has 3 aliphatic rings. The van der Waals surface area contributed by atoms with E-state index in [1.807, 2.05) is 0 Å². The Morgan fingerprint density at radius 1 is 1.11 bits per heavy atom. The number of amides is 3. The van der Waals surface area contributed by atoms with Crippen LogP contribution in [0.3, 0.4) is 0 Å². The number of hydrogen-bond acceptors (Lipinski definition) is 7. The van der Waals surface area contributed by atoms with Gasteiger partial charge in [-0.05, 0) is 57.7 Å². The summed E-state index contributed by atoms with van der Waals surface area (Å²) in [6, 6.07) is 5.35. The third-order valence-electron chi connectivity index (χ3n) is 7.83. The Hall–Kier alpha value is -2.69. The molecule has 38 heavy (non-hydrogen) atoms. The molecule has 3 N–H and O–H groups in total. The second-order valence-electron chi connectivity index (χ2n) is 11.3. The Morgan fingerprint density at radius 2 is 1.82 bits per heavy atom. The minimum Gasteiger partial charge on any atom is -0.476 e. The highest BCUT2D eigenvalue weighted by Gasteiger charge is 2.41. The van der Waals surface area contributed by atoms with Crippen LogP contribution in [0.1, 0.15) is 52.4 Å². The highest BCUT2D eigenvalue weighted by atomic mass is 16.5. The van der Waals surface area contributed by atoms with Crippen LogP contribution >= 0.6 is 0 Å². The Kier molecular flexibility index (Phi) is 8.95. The summed E-state index contributed by atoms with van der Waals surface area (Å²) in [5.41, 5.74) is -0.0672. The molecule has 10 nitrogen and oxygen atoms in total. The molecule has 0 radical (unpaired) electrons. The van der Waals surface area contributed by atoms with E-state index in [0.29, 0.717) is 62.8 Å². The fourth-order valence-electron chi connectivity index (χ4n) is 5.82. The predicted molar refractivity (Wildman–Crippen MR) is 144 cm³/mol.